The summed E-state index contributed by atoms with van der Waals surface area (Å²) >= 11 is 1.61. The predicted octanol–water partition coefficient (Wildman–Crippen LogP) is 5.95. The molecule has 0 aliphatic heterocycles. The van der Waals surface area contributed by atoms with E-state index in [2.05, 4.69) is 42.1 Å². The van der Waals surface area contributed by atoms with Gasteiger partial charge >= 0.3 is 6.03 Å². The molecule has 3 aromatic rings. The number of carbonyl (C=O) groups is 1. The summed E-state index contributed by atoms with van der Waals surface area (Å²) in [4.78, 5) is 23.6. The maximum absolute atomic E-state index is 12.9. The highest BCUT2D eigenvalue weighted by Crippen LogP contribution is 2.24. The van der Waals surface area contributed by atoms with E-state index in [1.54, 1.807) is 23.7 Å². The molecular weight excluding hydrogens is 380 g/mol. The molecule has 0 unspecified atom stereocenters. The normalized spacial score (nSPS) is 11.5. The number of nitrogens with one attached hydrogen (secondary N) is 1. The van der Waals surface area contributed by atoms with Gasteiger partial charge in [-0.3, -0.25) is 4.98 Å². The second-order valence-electron chi connectivity index (χ2n) is 8.37. The van der Waals surface area contributed by atoms with Gasteiger partial charge in [-0.2, -0.15) is 0 Å². The molecule has 0 bridgehead atoms. The molecule has 0 aliphatic rings. The number of hydrogen-bond acceptors (Lipinski definition) is 4. The lowest BCUT2D eigenvalue weighted by Gasteiger charge is -2.27. The number of pyridine rings is 1. The molecule has 0 atom stereocenters. The van der Waals surface area contributed by atoms with Gasteiger partial charge in [-0.1, -0.05) is 39.0 Å². The van der Waals surface area contributed by atoms with Crippen molar-refractivity contribution in [2.75, 3.05) is 5.32 Å². The van der Waals surface area contributed by atoms with Crippen LogP contribution in [0.25, 0.3) is 10.6 Å². The summed E-state index contributed by atoms with van der Waals surface area (Å²) in [7, 11) is 0. The van der Waals surface area contributed by atoms with Gasteiger partial charge in [0.25, 0.3) is 0 Å². The van der Waals surface area contributed by atoms with Gasteiger partial charge in [0.1, 0.15) is 5.01 Å². The van der Waals surface area contributed by atoms with E-state index in [9.17, 15) is 4.79 Å². The van der Waals surface area contributed by atoms with Crippen LogP contribution in [0.1, 0.15) is 45.9 Å². The molecule has 1 N–H and O–H groups in total. The SMILES string of the molecule is CC(C)N(Cc1cccc(-c2nccs2)c1)C(=O)Nc1ccc(C(C)(C)C)nc1. The summed E-state index contributed by atoms with van der Waals surface area (Å²) in [6.07, 6.45) is 3.53. The molecule has 0 spiro atoms. The van der Waals surface area contributed by atoms with Gasteiger partial charge in [-0.25, -0.2) is 9.78 Å². The van der Waals surface area contributed by atoms with E-state index in [1.165, 1.54) is 0 Å². The molecular formula is C23H28N4OS. The molecule has 0 aliphatic carbocycles. The Morgan fingerprint density at radius 1 is 1.17 bits per heavy atom. The fraction of sp³-hybridized carbons (Fsp3) is 0.348. The Labute approximate surface area is 176 Å². The highest BCUT2D eigenvalue weighted by atomic mass is 32.1. The van der Waals surface area contributed by atoms with E-state index >= 15 is 0 Å². The molecule has 3 rings (SSSR count). The van der Waals surface area contributed by atoms with E-state index < -0.39 is 0 Å². The van der Waals surface area contributed by atoms with E-state index in [0.29, 0.717) is 12.2 Å². The van der Waals surface area contributed by atoms with Crippen LogP contribution in [0, 0.1) is 0 Å². The minimum Gasteiger partial charge on any atom is -0.318 e. The fourth-order valence-electron chi connectivity index (χ4n) is 2.96. The fourth-order valence-corrected chi connectivity index (χ4v) is 3.60. The summed E-state index contributed by atoms with van der Waals surface area (Å²) in [5, 5.41) is 5.93. The van der Waals surface area contributed by atoms with E-state index in [-0.39, 0.29) is 17.5 Å². The molecule has 2 amide bonds. The van der Waals surface area contributed by atoms with Crippen molar-refractivity contribution < 1.29 is 4.79 Å². The van der Waals surface area contributed by atoms with Gasteiger partial charge in [-0.05, 0) is 37.6 Å². The summed E-state index contributed by atoms with van der Waals surface area (Å²) < 4.78 is 0. The van der Waals surface area contributed by atoms with Crippen LogP contribution in [0.4, 0.5) is 10.5 Å². The lowest BCUT2D eigenvalue weighted by atomic mass is 9.92. The van der Waals surface area contributed by atoms with Crippen molar-refractivity contribution in [3.05, 3.63) is 65.4 Å². The average Bonchev–Trinajstić information content (AvgIpc) is 3.20. The van der Waals surface area contributed by atoms with Gasteiger partial charge in [0, 0.05) is 40.8 Å². The molecule has 2 aromatic heterocycles. The molecule has 0 saturated heterocycles. The van der Waals surface area contributed by atoms with Crippen molar-refractivity contribution in [1.29, 1.82) is 0 Å². The molecule has 5 nitrogen and oxygen atoms in total. The highest BCUT2D eigenvalue weighted by Gasteiger charge is 2.19. The average molecular weight is 409 g/mol. The molecule has 152 valence electrons. The van der Waals surface area contributed by atoms with Gasteiger partial charge < -0.3 is 10.2 Å². The third kappa shape index (κ3) is 5.41. The van der Waals surface area contributed by atoms with Gasteiger partial charge in [0.15, 0.2) is 0 Å². The minimum absolute atomic E-state index is 0.0189. The van der Waals surface area contributed by atoms with Crippen LogP contribution >= 0.6 is 11.3 Å². The summed E-state index contributed by atoms with van der Waals surface area (Å²) in [6, 6.07) is 12.0. The Hall–Kier alpha value is -2.73. The first-order valence-electron chi connectivity index (χ1n) is 9.77. The zero-order chi connectivity index (χ0) is 21.0. The van der Waals surface area contributed by atoms with Crippen LogP contribution < -0.4 is 5.32 Å². The van der Waals surface area contributed by atoms with Gasteiger partial charge in [0.2, 0.25) is 0 Å². The molecule has 0 radical (unpaired) electrons. The van der Waals surface area contributed by atoms with Gasteiger partial charge in [0.05, 0.1) is 11.9 Å². The Bertz CT molecular complexity index is 944. The lowest BCUT2D eigenvalue weighted by molar-refractivity contribution is 0.193. The predicted molar refractivity (Wildman–Crippen MR) is 120 cm³/mol. The van der Waals surface area contributed by atoms with Crippen molar-refractivity contribution in [2.24, 2.45) is 0 Å². The van der Waals surface area contributed by atoms with Crippen LogP contribution in [0.3, 0.4) is 0 Å². The number of anilines is 1. The number of thiazole rings is 1. The van der Waals surface area contributed by atoms with Crippen LogP contribution in [-0.2, 0) is 12.0 Å². The Balaban J connectivity index is 1.73. The van der Waals surface area contributed by atoms with Gasteiger partial charge in [-0.15, -0.1) is 11.3 Å². The third-order valence-corrected chi connectivity index (χ3v) is 5.45. The monoisotopic (exact) mass is 408 g/mol. The first kappa shape index (κ1) is 21.0. The van der Waals surface area contributed by atoms with Crippen LogP contribution in [0.2, 0.25) is 0 Å². The van der Waals surface area contributed by atoms with Crippen molar-refractivity contribution in [1.82, 2.24) is 14.9 Å². The maximum atomic E-state index is 12.9. The summed E-state index contributed by atoms with van der Waals surface area (Å²) in [6.45, 7) is 10.9. The lowest BCUT2D eigenvalue weighted by Crippen LogP contribution is -2.39. The van der Waals surface area contributed by atoms with E-state index in [0.717, 1.165) is 21.8 Å². The Morgan fingerprint density at radius 2 is 1.97 bits per heavy atom. The molecule has 2 heterocycles. The first-order valence-corrected chi connectivity index (χ1v) is 10.6. The van der Waals surface area contributed by atoms with Crippen molar-refractivity contribution in [3.8, 4) is 10.6 Å². The molecule has 29 heavy (non-hydrogen) atoms. The van der Waals surface area contributed by atoms with Crippen molar-refractivity contribution in [3.63, 3.8) is 0 Å². The van der Waals surface area contributed by atoms with Crippen molar-refractivity contribution >= 4 is 23.1 Å². The highest BCUT2D eigenvalue weighted by molar-refractivity contribution is 7.13. The van der Waals surface area contributed by atoms with Crippen LogP contribution in [0.5, 0.6) is 0 Å². The Kier molecular flexibility index (Phi) is 6.33. The quantitative estimate of drug-likeness (QED) is 0.568. The maximum Gasteiger partial charge on any atom is 0.322 e. The number of aromatic nitrogens is 2. The summed E-state index contributed by atoms with van der Waals surface area (Å²) in [5.41, 5.74) is 3.82. The first-order chi connectivity index (χ1) is 13.7. The number of hydrogen-bond donors (Lipinski definition) is 1. The zero-order valence-corrected chi connectivity index (χ0v) is 18.5. The number of amides is 2. The minimum atomic E-state index is -0.134. The molecule has 0 fully saturated rings. The van der Waals surface area contributed by atoms with Crippen molar-refractivity contribution in [2.45, 2.75) is 52.6 Å². The smallest absolute Gasteiger partial charge is 0.318 e. The third-order valence-electron chi connectivity index (χ3n) is 4.63. The molecule has 1 aromatic carbocycles. The number of carbonyl (C=O) groups excluding carboxylic acids is 1. The second kappa shape index (κ2) is 8.74. The topological polar surface area (TPSA) is 58.1 Å². The standard InChI is InChI=1S/C23H28N4OS/c1-16(2)27(15-17-7-6-8-18(13-17)21-24-11-12-29-21)22(28)26-19-9-10-20(25-14-19)23(3,4)5/h6-14,16H,15H2,1-5H3,(H,26,28). The summed E-state index contributed by atoms with van der Waals surface area (Å²) in [5.74, 6) is 0. The zero-order valence-electron chi connectivity index (χ0n) is 17.6. The number of benzene rings is 1. The number of nitrogens with zero attached hydrogens (tertiary/aromatic N) is 3. The number of rotatable bonds is 5. The molecule has 0 saturated carbocycles. The number of urea groups is 1. The molecule has 6 heteroatoms. The van der Waals surface area contributed by atoms with E-state index in [4.69, 9.17) is 0 Å². The van der Waals surface area contributed by atoms with Crippen LogP contribution in [-0.4, -0.2) is 26.9 Å². The Morgan fingerprint density at radius 3 is 2.55 bits per heavy atom. The van der Waals surface area contributed by atoms with E-state index in [1.807, 2.05) is 54.5 Å². The van der Waals surface area contributed by atoms with Crippen LogP contribution in [0.15, 0.2) is 54.2 Å². The largest absolute Gasteiger partial charge is 0.322 e. The second-order valence-corrected chi connectivity index (χ2v) is 9.27.